The van der Waals surface area contributed by atoms with Gasteiger partial charge in [0.2, 0.25) is 0 Å². The molecule has 4 heteroatoms. The molecule has 0 radical (unpaired) electrons. The summed E-state index contributed by atoms with van der Waals surface area (Å²) in [5.41, 5.74) is 4.45. The lowest BCUT2D eigenvalue weighted by Gasteiger charge is -2.27. The van der Waals surface area contributed by atoms with Crippen LogP contribution >= 0.6 is 11.8 Å². The number of likely N-dealkylation sites (tertiary alicyclic amines) is 1. The third-order valence-corrected chi connectivity index (χ3v) is 6.85. The van der Waals surface area contributed by atoms with Gasteiger partial charge in [-0.3, -0.25) is 9.69 Å². The van der Waals surface area contributed by atoms with Crippen molar-refractivity contribution in [3.8, 4) is 0 Å². The highest BCUT2D eigenvalue weighted by Gasteiger charge is 2.13. The smallest absolute Gasteiger partial charge is 0.251 e. The number of rotatable bonds is 8. The maximum atomic E-state index is 12.7. The van der Waals surface area contributed by atoms with E-state index in [1.54, 1.807) is 11.8 Å². The first-order chi connectivity index (χ1) is 15.3. The molecule has 1 heterocycles. The predicted octanol–water partition coefficient (Wildman–Crippen LogP) is 5.89. The van der Waals surface area contributed by atoms with E-state index in [1.165, 1.54) is 53.9 Å². The maximum absolute atomic E-state index is 12.7. The molecule has 1 amide bonds. The van der Waals surface area contributed by atoms with Crippen LogP contribution in [0.5, 0.6) is 0 Å². The van der Waals surface area contributed by atoms with E-state index in [1.807, 2.05) is 18.2 Å². The van der Waals surface area contributed by atoms with Crippen molar-refractivity contribution in [1.82, 2.24) is 10.2 Å². The molecule has 0 spiro atoms. The van der Waals surface area contributed by atoms with Gasteiger partial charge in [0.1, 0.15) is 0 Å². The Morgan fingerprint density at radius 1 is 0.806 bits per heavy atom. The second-order valence-corrected chi connectivity index (χ2v) is 9.14. The standard InChI is InChI=1S/C27H30N2OS/c30-27(23-15-13-22(14-16-23)21-31-26-11-3-1-4-12-26)28-19-24-9-5-6-10-25(24)20-29-17-7-2-8-18-29/h1,3-6,9-16H,2,7-8,17-21H2,(H,28,30). The fourth-order valence-corrected chi connectivity index (χ4v) is 4.83. The summed E-state index contributed by atoms with van der Waals surface area (Å²) in [7, 11) is 0. The number of thioether (sulfide) groups is 1. The van der Waals surface area contributed by atoms with E-state index in [0.717, 1.165) is 12.3 Å². The summed E-state index contributed by atoms with van der Waals surface area (Å²) < 4.78 is 0. The lowest BCUT2D eigenvalue weighted by molar-refractivity contribution is 0.0950. The van der Waals surface area contributed by atoms with Gasteiger partial charge in [0.05, 0.1) is 0 Å². The van der Waals surface area contributed by atoms with Crippen molar-refractivity contribution in [2.24, 2.45) is 0 Å². The van der Waals surface area contributed by atoms with Crippen LogP contribution in [0, 0.1) is 0 Å². The fraction of sp³-hybridized carbons (Fsp3) is 0.296. The lowest BCUT2D eigenvalue weighted by Crippen LogP contribution is -2.30. The van der Waals surface area contributed by atoms with Gasteiger partial charge in [0.15, 0.2) is 0 Å². The molecular formula is C27H30N2OS. The Balaban J connectivity index is 1.30. The van der Waals surface area contributed by atoms with E-state index in [0.29, 0.717) is 12.1 Å². The zero-order valence-electron chi connectivity index (χ0n) is 17.9. The van der Waals surface area contributed by atoms with Crippen LogP contribution in [0.4, 0.5) is 0 Å². The van der Waals surface area contributed by atoms with Gasteiger partial charge in [-0.25, -0.2) is 0 Å². The van der Waals surface area contributed by atoms with Gasteiger partial charge in [-0.15, -0.1) is 11.8 Å². The number of carbonyl (C=O) groups is 1. The number of nitrogens with one attached hydrogen (secondary N) is 1. The van der Waals surface area contributed by atoms with Crippen LogP contribution in [0.3, 0.4) is 0 Å². The number of carbonyl (C=O) groups excluding carboxylic acids is 1. The molecule has 3 aromatic rings. The van der Waals surface area contributed by atoms with Crippen LogP contribution in [0.2, 0.25) is 0 Å². The maximum Gasteiger partial charge on any atom is 0.251 e. The molecule has 4 rings (SSSR count). The number of nitrogens with zero attached hydrogens (tertiary/aromatic N) is 1. The second-order valence-electron chi connectivity index (χ2n) is 8.09. The molecule has 0 atom stereocenters. The van der Waals surface area contributed by atoms with Crippen molar-refractivity contribution in [2.45, 2.75) is 43.0 Å². The molecule has 1 aliphatic heterocycles. The van der Waals surface area contributed by atoms with Crippen LogP contribution in [-0.4, -0.2) is 23.9 Å². The molecule has 0 aliphatic carbocycles. The van der Waals surface area contributed by atoms with E-state index in [2.05, 4.69) is 70.9 Å². The average Bonchev–Trinajstić information content (AvgIpc) is 2.84. The van der Waals surface area contributed by atoms with Crippen molar-refractivity contribution in [2.75, 3.05) is 13.1 Å². The van der Waals surface area contributed by atoms with Gasteiger partial charge in [0.25, 0.3) is 5.91 Å². The van der Waals surface area contributed by atoms with Gasteiger partial charge in [0, 0.05) is 29.3 Å². The Kier molecular flexibility index (Phi) is 7.81. The minimum atomic E-state index is -0.0185. The molecule has 0 saturated carbocycles. The highest BCUT2D eigenvalue weighted by molar-refractivity contribution is 7.98. The molecule has 0 unspecified atom stereocenters. The van der Waals surface area contributed by atoms with Crippen LogP contribution in [-0.2, 0) is 18.8 Å². The minimum absolute atomic E-state index is 0.0185. The molecule has 3 nitrogen and oxygen atoms in total. The summed E-state index contributed by atoms with van der Waals surface area (Å²) in [5.74, 6) is 0.880. The fourth-order valence-electron chi connectivity index (χ4n) is 3.96. The Morgan fingerprint density at radius 3 is 2.23 bits per heavy atom. The van der Waals surface area contributed by atoms with E-state index < -0.39 is 0 Å². The first kappa shape index (κ1) is 21.7. The van der Waals surface area contributed by atoms with Gasteiger partial charge in [-0.1, -0.05) is 61.0 Å². The van der Waals surface area contributed by atoms with Gasteiger partial charge < -0.3 is 5.32 Å². The monoisotopic (exact) mass is 430 g/mol. The van der Waals surface area contributed by atoms with Crippen LogP contribution in [0.25, 0.3) is 0 Å². The third-order valence-electron chi connectivity index (χ3n) is 5.77. The van der Waals surface area contributed by atoms with Gasteiger partial charge in [-0.05, 0) is 66.9 Å². The molecule has 0 aromatic heterocycles. The Morgan fingerprint density at radius 2 is 1.48 bits per heavy atom. The molecule has 1 aliphatic rings. The first-order valence-corrected chi connectivity index (χ1v) is 12.1. The van der Waals surface area contributed by atoms with Crippen molar-refractivity contribution < 1.29 is 4.79 Å². The summed E-state index contributed by atoms with van der Waals surface area (Å²) >= 11 is 1.81. The largest absolute Gasteiger partial charge is 0.348 e. The third kappa shape index (κ3) is 6.46. The zero-order valence-corrected chi connectivity index (χ0v) is 18.7. The van der Waals surface area contributed by atoms with Crippen molar-refractivity contribution >= 4 is 17.7 Å². The number of hydrogen-bond acceptors (Lipinski definition) is 3. The normalized spacial score (nSPS) is 14.3. The molecule has 1 fully saturated rings. The summed E-state index contributed by atoms with van der Waals surface area (Å²) in [6, 6.07) is 26.8. The van der Waals surface area contributed by atoms with E-state index in [-0.39, 0.29) is 5.91 Å². The Hall–Kier alpha value is -2.56. The number of amides is 1. The van der Waals surface area contributed by atoms with E-state index in [9.17, 15) is 4.79 Å². The molecule has 1 N–H and O–H groups in total. The average molecular weight is 431 g/mol. The van der Waals surface area contributed by atoms with Gasteiger partial charge >= 0.3 is 0 Å². The summed E-state index contributed by atoms with van der Waals surface area (Å²) in [6.45, 7) is 3.89. The zero-order chi connectivity index (χ0) is 21.3. The topological polar surface area (TPSA) is 32.3 Å². The molecular weight excluding hydrogens is 400 g/mol. The molecule has 160 valence electrons. The number of hydrogen-bond donors (Lipinski definition) is 1. The molecule has 0 bridgehead atoms. The predicted molar refractivity (Wildman–Crippen MR) is 129 cm³/mol. The summed E-state index contributed by atoms with van der Waals surface area (Å²) in [5, 5.41) is 3.11. The summed E-state index contributed by atoms with van der Waals surface area (Å²) in [4.78, 5) is 16.5. The number of benzene rings is 3. The van der Waals surface area contributed by atoms with Crippen molar-refractivity contribution in [3.05, 3.63) is 101 Å². The van der Waals surface area contributed by atoms with Gasteiger partial charge in [-0.2, -0.15) is 0 Å². The van der Waals surface area contributed by atoms with Crippen LogP contribution < -0.4 is 5.32 Å². The van der Waals surface area contributed by atoms with Crippen LogP contribution in [0.15, 0.2) is 83.8 Å². The number of piperidine rings is 1. The highest BCUT2D eigenvalue weighted by Crippen LogP contribution is 2.22. The Bertz CT molecular complexity index is 966. The second kappa shape index (κ2) is 11.2. The SMILES string of the molecule is O=C(NCc1ccccc1CN1CCCCC1)c1ccc(CSc2ccccc2)cc1. The highest BCUT2D eigenvalue weighted by atomic mass is 32.2. The van der Waals surface area contributed by atoms with Crippen molar-refractivity contribution in [1.29, 1.82) is 0 Å². The molecule has 1 saturated heterocycles. The molecule has 3 aromatic carbocycles. The Labute approximate surface area is 189 Å². The summed E-state index contributed by atoms with van der Waals surface area (Å²) in [6.07, 6.45) is 3.93. The van der Waals surface area contributed by atoms with E-state index in [4.69, 9.17) is 0 Å². The minimum Gasteiger partial charge on any atom is -0.348 e. The first-order valence-electron chi connectivity index (χ1n) is 11.1. The lowest BCUT2D eigenvalue weighted by atomic mass is 10.0. The van der Waals surface area contributed by atoms with Crippen LogP contribution in [0.1, 0.15) is 46.3 Å². The quantitative estimate of drug-likeness (QED) is 0.452. The van der Waals surface area contributed by atoms with E-state index >= 15 is 0 Å². The van der Waals surface area contributed by atoms with Crippen molar-refractivity contribution in [3.63, 3.8) is 0 Å². The molecule has 31 heavy (non-hydrogen) atoms.